The number of hydrogen-bond acceptors (Lipinski definition) is 3. The smallest absolute Gasteiger partial charge is 0.243 e. The van der Waals surface area contributed by atoms with Crippen LogP contribution in [0.2, 0.25) is 0 Å². The fourth-order valence-corrected chi connectivity index (χ4v) is 4.30. The van der Waals surface area contributed by atoms with E-state index in [-0.39, 0.29) is 0 Å². The molecule has 1 aromatic carbocycles. The van der Waals surface area contributed by atoms with Gasteiger partial charge in [-0.25, -0.2) is 8.42 Å². The monoisotopic (exact) mass is 346 g/mol. The van der Waals surface area contributed by atoms with Crippen LogP contribution < -0.4 is 5.73 Å². The minimum Gasteiger partial charge on any atom is -0.398 e. The molecule has 19 heavy (non-hydrogen) atoms. The molecule has 0 heterocycles. The first-order valence-electron chi connectivity index (χ1n) is 6.42. The molecule has 2 rings (SSSR count). The minimum absolute atomic E-state index is 0.315. The van der Waals surface area contributed by atoms with Gasteiger partial charge in [0.2, 0.25) is 10.0 Å². The van der Waals surface area contributed by atoms with Crippen molar-refractivity contribution in [2.24, 2.45) is 5.92 Å². The molecule has 4 nitrogen and oxygen atoms in total. The molecule has 0 unspecified atom stereocenters. The van der Waals surface area contributed by atoms with Crippen LogP contribution in [-0.4, -0.2) is 25.8 Å². The summed E-state index contributed by atoms with van der Waals surface area (Å²) in [5, 5.41) is 0. The lowest BCUT2D eigenvalue weighted by Gasteiger charge is -2.22. The van der Waals surface area contributed by atoms with Crippen LogP contribution in [0.5, 0.6) is 0 Å². The van der Waals surface area contributed by atoms with Crippen LogP contribution in [0.4, 0.5) is 5.69 Å². The molecule has 6 heteroatoms. The topological polar surface area (TPSA) is 63.4 Å². The van der Waals surface area contributed by atoms with Gasteiger partial charge in [-0.3, -0.25) is 0 Å². The van der Waals surface area contributed by atoms with Gasteiger partial charge in [0.15, 0.2) is 0 Å². The Balaban J connectivity index is 2.39. The average Bonchev–Trinajstić information content (AvgIpc) is 3.14. The summed E-state index contributed by atoms with van der Waals surface area (Å²) in [7, 11) is -3.44. The second kappa shape index (κ2) is 5.42. The van der Waals surface area contributed by atoms with Crippen LogP contribution in [0.3, 0.4) is 0 Å². The zero-order valence-electron chi connectivity index (χ0n) is 11.2. The summed E-state index contributed by atoms with van der Waals surface area (Å²) in [6.07, 6.45) is 2.26. The molecule has 0 spiro atoms. The highest BCUT2D eigenvalue weighted by atomic mass is 79.9. The SMILES string of the molecule is CCN(CC1CC1)S(=O)(=O)c1cc(N)c(Br)cc1C. The van der Waals surface area contributed by atoms with Gasteiger partial charge in [0.05, 0.1) is 4.90 Å². The highest BCUT2D eigenvalue weighted by Crippen LogP contribution is 2.33. The second-order valence-electron chi connectivity index (χ2n) is 5.04. The molecule has 2 N–H and O–H groups in total. The number of aryl methyl sites for hydroxylation is 1. The Kier molecular flexibility index (Phi) is 4.23. The van der Waals surface area contributed by atoms with E-state index in [4.69, 9.17) is 5.73 Å². The molecule has 1 fully saturated rings. The van der Waals surface area contributed by atoms with Gasteiger partial charge in [0, 0.05) is 23.2 Å². The molecular weight excluding hydrogens is 328 g/mol. The lowest BCUT2D eigenvalue weighted by molar-refractivity contribution is 0.411. The molecule has 1 saturated carbocycles. The molecule has 0 bridgehead atoms. The Hall–Kier alpha value is -0.590. The van der Waals surface area contributed by atoms with Gasteiger partial charge in [-0.2, -0.15) is 4.31 Å². The molecular formula is C13H19BrN2O2S. The van der Waals surface area contributed by atoms with Crippen LogP contribution in [0, 0.1) is 12.8 Å². The van der Waals surface area contributed by atoms with E-state index in [1.807, 2.05) is 6.92 Å². The first kappa shape index (κ1) is 14.8. The summed E-state index contributed by atoms with van der Waals surface area (Å²) in [5.41, 5.74) is 6.98. The summed E-state index contributed by atoms with van der Waals surface area (Å²) < 4.78 is 27.6. The van der Waals surface area contributed by atoms with E-state index in [1.54, 1.807) is 23.4 Å². The zero-order valence-corrected chi connectivity index (χ0v) is 13.6. The third-order valence-electron chi connectivity index (χ3n) is 3.42. The van der Waals surface area contributed by atoms with Crippen LogP contribution in [0.1, 0.15) is 25.3 Å². The summed E-state index contributed by atoms with van der Waals surface area (Å²) in [5.74, 6) is 0.530. The van der Waals surface area contributed by atoms with Crippen molar-refractivity contribution in [2.75, 3.05) is 18.8 Å². The number of nitrogens with two attached hydrogens (primary N) is 1. The third kappa shape index (κ3) is 3.12. The maximum atomic E-state index is 12.7. The fraction of sp³-hybridized carbons (Fsp3) is 0.538. The van der Waals surface area contributed by atoms with Crippen LogP contribution >= 0.6 is 15.9 Å². The standard InChI is InChI=1S/C13H19BrN2O2S/c1-3-16(8-10-4-5-10)19(17,18)13-7-12(15)11(14)6-9(13)2/h6-7,10H,3-5,8,15H2,1-2H3. The molecule has 1 aliphatic carbocycles. The third-order valence-corrected chi connectivity index (χ3v) is 6.19. The van der Waals surface area contributed by atoms with Gasteiger partial charge in [0.1, 0.15) is 0 Å². The van der Waals surface area contributed by atoms with Crippen LogP contribution in [0.15, 0.2) is 21.5 Å². The van der Waals surface area contributed by atoms with Gasteiger partial charge in [-0.05, 0) is 59.3 Å². The van der Waals surface area contributed by atoms with Crippen molar-refractivity contribution in [3.63, 3.8) is 0 Å². The summed E-state index contributed by atoms with van der Waals surface area (Å²) in [4.78, 5) is 0.315. The second-order valence-corrected chi connectivity index (χ2v) is 7.80. The average molecular weight is 347 g/mol. The summed E-state index contributed by atoms with van der Waals surface area (Å²) in [6, 6.07) is 3.30. The Labute approximate surface area is 123 Å². The Morgan fingerprint density at radius 1 is 1.42 bits per heavy atom. The zero-order chi connectivity index (χ0) is 14.2. The van der Waals surface area contributed by atoms with Gasteiger partial charge < -0.3 is 5.73 Å². The molecule has 0 saturated heterocycles. The van der Waals surface area contributed by atoms with E-state index < -0.39 is 10.0 Å². The van der Waals surface area contributed by atoms with Crippen molar-refractivity contribution in [1.29, 1.82) is 0 Å². The van der Waals surface area contributed by atoms with Crippen molar-refractivity contribution < 1.29 is 8.42 Å². The van der Waals surface area contributed by atoms with Crippen molar-refractivity contribution in [2.45, 2.75) is 31.6 Å². The van der Waals surface area contributed by atoms with Crippen LogP contribution in [-0.2, 0) is 10.0 Å². The number of anilines is 1. The molecule has 1 aromatic rings. The van der Waals surface area contributed by atoms with E-state index in [2.05, 4.69) is 15.9 Å². The van der Waals surface area contributed by atoms with Gasteiger partial charge in [0.25, 0.3) is 0 Å². The van der Waals surface area contributed by atoms with Crippen molar-refractivity contribution in [3.8, 4) is 0 Å². The molecule has 0 aromatic heterocycles. The number of hydrogen-bond donors (Lipinski definition) is 1. The summed E-state index contributed by atoms with van der Waals surface area (Å²) in [6.45, 7) is 4.78. The number of halogens is 1. The van der Waals surface area contributed by atoms with Crippen molar-refractivity contribution >= 4 is 31.6 Å². The Morgan fingerprint density at radius 3 is 2.58 bits per heavy atom. The number of nitrogen functional groups attached to an aromatic ring is 1. The lowest BCUT2D eigenvalue weighted by atomic mass is 10.2. The maximum absolute atomic E-state index is 12.7. The molecule has 0 atom stereocenters. The number of sulfonamides is 1. The summed E-state index contributed by atoms with van der Waals surface area (Å²) >= 11 is 3.32. The number of nitrogens with zero attached hydrogens (tertiary/aromatic N) is 1. The van der Waals surface area contributed by atoms with Gasteiger partial charge in [-0.1, -0.05) is 6.92 Å². The molecule has 0 radical (unpaired) electrons. The largest absolute Gasteiger partial charge is 0.398 e. The molecule has 1 aliphatic rings. The molecule has 106 valence electrons. The van der Waals surface area contributed by atoms with E-state index in [0.29, 0.717) is 29.6 Å². The fourth-order valence-electron chi connectivity index (χ4n) is 2.07. The quantitative estimate of drug-likeness (QED) is 0.833. The van der Waals surface area contributed by atoms with Gasteiger partial charge in [-0.15, -0.1) is 0 Å². The lowest BCUT2D eigenvalue weighted by Crippen LogP contribution is -2.33. The van der Waals surface area contributed by atoms with E-state index in [9.17, 15) is 8.42 Å². The van der Waals surface area contributed by atoms with Crippen molar-refractivity contribution in [3.05, 3.63) is 22.2 Å². The normalized spacial score (nSPS) is 16.0. The number of rotatable bonds is 5. The van der Waals surface area contributed by atoms with Gasteiger partial charge >= 0.3 is 0 Å². The van der Waals surface area contributed by atoms with E-state index in [0.717, 1.165) is 22.9 Å². The van der Waals surface area contributed by atoms with E-state index in [1.165, 1.54) is 0 Å². The minimum atomic E-state index is -3.44. The first-order chi connectivity index (χ1) is 8.86. The molecule has 0 amide bonds. The first-order valence-corrected chi connectivity index (χ1v) is 8.65. The Bertz CT molecular complexity index is 583. The predicted molar refractivity (Wildman–Crippen MR) is 80.4 cm³/mol. The molecule has 0 aliphatic heterocycles. The Morgan fingerprint density at radius 2 is 2.05 bits per heavy atom. The maximum Gasteiger partial charge on any atom is 0.243 e. The van der Waals surface area contributed by atoms with Crippen molar-refractivity contribution in [1.82, 2.24) is 4.31 Å². The predicted octanol–water partition coefficient (Wildman–Crippen LogP) is 2.76. The highest BCUT2D eigenvalue weighted by Gasteiger charge is 2.31. The van der Waals surface area contributed by atoms with Crippen LogP contribution in [0.25, 0.3) is 0 Å². The number of benzene rings is 1. The highest BCUT2D eigenvalue weighted by molar-refractivity contribution is 9.10. The van der Waals surface area contributed by atoms with E-state index >= 15 is 0 Å².